The van der Waals surface area contributed by atoms with Crippen LogP contribution in [0.5, 0.6) is 11.5 Å². The summed E-state index contributed by atoms with van der Waals surface area (Å²) in [4.78, 5) is 27.1. The fraction of sp³-hybridized carbons (Fsp3) is 0.391. The lowest BCUT2D eigenvalue weighted by Gasteiger charge is -2.35. The van der Waals surface area contributed by atoms with E-state index in [9.17, 15) is 9.59 Å². The van der Waals surface area contributed by atoms with Gasteiger partial charge in [-0.3, -0.25) is 9.59 Å². The third kappa shape index (κ3) is 4.91. The predicted molar refractivity (Wildman–Crippen MR) is 110 cm³/mol. The van der Waals surface area contributed by atoms with Crippen molar-refractivity contribution < 1.29 is 14.3 Å². The molecule has 2 aromatic rings. The quantitative estimate of drug-likeness (QED) is 0.836. The molecular weight excluding hydrogens is 352 g/mol. The van der Waals surface area contributed by atoms with Gasteiger partial charge in [-0.15, -0.1) is 0 Å². The first-order chi connectivity index (χ1) is 13.3. The van der Waals surface area contributed by atoms with E-state index in [0.717, 1.165) is 5.75 Å². The van der Waals surface area contributed by atoms with E-state index in [-0.39, 0.29) is 23.1 Å². The highest BCUT2D eigenvalue weighted by Crippen LogP contribution is 2.30. The first-order valence-electron chi connectivity index (χ1n) is 9.77. The monoisotopic (exact) mass is 380 g/mol. The number of amides is 2. The number of likely N-dealkylation sites (tertiary alicyclic amines) is 1. The molecule has 3 rings (SSSR count). The van der Waals surface area contributed by atoms with Gasteiger partial charge in [0.25, 0.3) is 0 Å². The lowest BCUT2D eigenvalue weighted by atomic mass is 9.90. The molecule has 1 N–H and O–H groups in total. The van der Waals surface area contributed by atoms with Crippen LogP contribution in [-0.2, 0) is 9.59 Å². The number of hydrogen-bond acceptors (Lipinski definition) is 3. The van der Waals surface area contributed by atoms with Crippen molar-refractivity contribution in [2.24, 2.45) is 11.3 Å². The molecule has 0 atom stereocenters. The Kier molecular flexibility index (Phi) is 6.02. The van der Waals surface area contributed by atoms with Crippen molar-refractivity contribution in [3.63, 3.8) is 0 Å². The normalized spacial score (nSPS) is 15.2. The second-order valence-electron chi connectivity index (χ2n) is 8.22. The van der Waals surface area contributed by atoms with Gasteiger partial charge < -0.3 is 15.0 Å². The molecule has 1 saturated heterocycles. The summed E-state index contributed by atoms with van der Waals surface area (Å²) in [6, 6.07) is 16.9. The Balaban J connectivity index is 1.61. The van der Waals surface area contributed by atoms with Gasteiger partial charge in [0, 0.05) is 24.4 Å². The van der Waals surface area contributed by atoms with Crippen LogP contribution in [0, 0.1) is 11.3 Å². The molecule has 1 aliphatic rings. The van der Waals surface area contributed by atoms with Gasteiger partial charge in [-0.2, -0.15) is 0 Å². The highest BCUT2D eigenvalue weighted by molar-refractivity contribution is 5.94. The molecule has 5 heteroatoms. The van der Waals surface area contributed by atoms with Crippen LogP contribution in [0.3, 0.4) is 0 Å². The minimum Gasteiger partial charge on any atom is -0.455 e. The number of rotatable bonds is 4. The first kappa shape index (κ1) is 19.9. The van der Waals surface area contributed by atoms with E-state index in [1.165, 1.54) is 0 Å². The summed E-state index contributed by atoms with van der Waals surface area (Å²) in [5.41, 5.74) is 0.271. The number of piperidine rings is 1. The summed E-state index contributed by atoms with van der Waals surface area (Å²) >= 11 is 0. The Hall–Kier alpha value is -2.82. The second kappa shape index (κ2) is 8.46. The molecular formula is C23H28N2O3. The molecule has 0 aromatic heterocycles. The van der Waals surface area contributed by atoms with E-state index < -0.39 is 0 Å². The summed E-state index contributed by atoms with van der Waals surface area (Å²) in [7, 11) is 0. The summed E-state index contributed by atoms with van der Waals surface area (Å²) in [5.74, 6) is 1.36. The molecule has 2 aromatic carbocycles. The van der Waals surface area contributed by atoms with E-state index in [1.807, 2.05) is 80.3 Å². The Morgan fingerprint density at radius 2 is 1.57 bits per heavy atom. The zero-order valence-corrected chi connectivity index (χ0v) is 16.8. The number of hydrogen-bond donors (Lipinski definition) is 1. The zero-order valence-electron chi connectivity index (χ0n) is 16.8. The smallest absolute Gasteiger partial charge is 0.227 e. The van der Waals surface area contributed by atoms with E-state index >= 15 is 0 Å². The molecule has 0 radical (unpaired) electrons. The summed E-state index contributed by atoms with van der Waals surface area (Å²) in [6.07, 6.45) is 1.35. The lowest BCUT2D eigenvalue weighted by molar-refractivity contribution is -0.142. The number of benzene rings is 2. The number of nitrogens with one attached hydrogen (secondary N) is 1. The molecule has 0 spiro atoms. The van der Waals surface area contributed by atoms with E-state index in [2.05, 4.69) is 5.32 Å². The number of anilines is 1. The third-order valence-electron chi connectivity index (χ3n) is 4.91. The predicted octanol–water partition coefficient (Wildman–Crippen LogP) is 4.70. The van der Waals surface area contributed by atoms with Crippen LogP contribution >= 0.6 is 0 Å². The fourth-order valence-electron chi connectivity index (χ4n) is 3.33. The molecule has 0 bridgehead atoms. The van der Waals surface area contributed by atoms with Gasteiger partial charge >= 0.3 is 0 Å². The van der Waals surface area contributed by atoms with Crippen LogP contribution in [0.15, 0.2) is 54.6 Å². The molecule has 148 valence electrons. The number of para-hydroxylation sites is 3. The van der Waals surface area contributed by atoms with Crippen molar-refractivity contribution in [1.29, 1.82) is 0 Å². The molecule has 5 nitrogen and oxygen atoms in total. The van der Waals surface area contributed by atoms with Gasteiger partial charge in [0.05, 0.1) is 5.69 Å². The van der Waals surface area contributed by atoms with Gasteiger partial charge in [0.1, 0.15) is 5.75 Å². The maximum atomic E-state index is 12.8. The van der Waals surface area contributed by atoms with Crippen LogP contribution in [0.2, 0.25) is 0 Å². The van der Waals surface area contributed by atoms with Crippen molar-refractivity contribution in [2.75, 3.05) is 18.4 Å². The van der Waals surface area contributed by atoms with Crippen molar-refractivity contribution in [3.05, 3.63) is 54.6 Å². The lowest BCUT2D eigenvalue weighted by Crippen LogP contribution is -2.45. The van der Waals surface area contributed by atoms with Gasteiger partial charge in [0.2, 0.25) is 11.8 Å². The maximum absolute atomic E-state index is 12.8. The highest BCUT2D eigenvalue weighted by atomic mass is 16.5. The Bertz CT molecular complexity index is 819. The van der Waals surface area contributed by atoms with Crippen LogP contribution < -0.4 is 10.1 Å². The van der Waals surface area contributed by atoms with E-state index in [4.69, 9.17) is 4.74 Å². The van der Waals surface area contributed by atoms with Crippen molar-refractivity contribution in [1.82, 2.24) is 4.90 Å². The van der Waals surface area contributed by atoms with Gasteiger partial charge in [-0.25, -0.2) is 0 Å². The van der Waals surface area contributed by atoms with E-state index in [1.54, 1.807) is 0 Å². The number of ether oxygens (including phenoxy) is 1. The average molecular weight is 380 g/mol. The van der Waals surface area contributed by atoms with Crippen molar-refractivity contribution in [3.8, 4) is 11.5 Å². The van der Waals surface area contributed by atoms with Crippen LogP contribution in [-0.4, -0.2) is 29.8 Å². The number of carbonyl (C=O) groups excluding carboxylic acids is 2. The summed E-state index contributed by atoms with van der Waals surface area (Å²) in [6.45, 7) is 7.03. The average Bonchev–Trinajstić information content (AvgIpc) is 2.69. The molecule has 0 aliphatic carbocycles. The topological polar surface area (TPSA) is 58.6 Å². The standard InChI is InChI=1S/C23H28N2O3/c1-23(2,3)22(27)25-15-13-17(14-16-25)21(26)24-19-11-7-8-12-20(19)28-18-9-5-4-6-10-18/h4-12,17H,13-16H2,1-3H3,(H,24,26). The number of carbonyl (C=O) groups is 2. The van der Waals surface area contributed by atoms with Crippen LogP contribution in [0.4, 0.5) is 5.69 Å². The molecule has 28 heavy (non-hydrogen) atoms. The van der Waals surface area contributed by atoms with Gasteiger partial charge in [0.15, 0.2) is 5.75 Å². The minimum atomic E-state index is -0.386. The van der Waals surface area contributed by atoms with Crippen LogP contribution in [0.25, 0.3) is 0 Å². The first-order valence-corrected chi connectivity index (χ1v) is 9.77. The molecule has 1 heterocycles. The Labute approximate surface area is 166 Å². The Morgan fingerprint density at radius 3 is 2.21 bits per heavy atom. The molecule has 1 aliphatic heterocycles. The SMILES string of the molecule is CC(C)(C)C(=O)N1CCC(C(=O)Nc2ccccc2Oc2ccccc2)CC1. The summed E-state index contributed by atoms with van der Waals surface area (Å²) < 4.78 is 5.92. The molecule has 0 unspecified atom stereocenters. The van der Waals surface area contributed by atoms with Crippen molar-refractivity contribution >= 4 is 17.5 Å². The second-order valence-corrected chi connectivity index (χ2v) is 8.22. The van der Waals surface area contributed by atoms with Crippen molar-refractivity contribution in [2.45, 2.75) is 33.6 Å². The summed E-state index contributed by atoms with van der Waals surface area (Å²) in [5, 5.41) is 3.01. The third-order valence-corrected chi connectivity index (χ3v) is 4.91. The Morgan fingerprint density at radius 1 is 0.964 bits per heavy atom. The number of nitrogens with zero attached hydrogens (tertiary/aromatic N) is 1. The molecule has 2 amide bonds. The zero-order chi connectivity index (χ0) is 20.1. The van der Waals surface area contributed by atoms with Crippen LogP contribution in [0.1, 0.15) is 33.6 Å². The van der Waals surface area contributed by atoms with Gasteiger partial charge in [-0.1, -0.05) is 51.1 Å². The fourth-order valence-corrected chi connectivity index (χ4v) is 3.33. The highest BCUT2D eigenvalue weighted by Gasteiger charge is 2.32. The molecule has 0 saturated carbocycles. The maximum Gasteiger partial charge on any atom is 0.227 e. The molecule has 1 fully saturated rings. The van der Waals surface area contributed by atoms with Gasteiger partial charge in [-0.05, 0) is 37.1 Å². The van der Waals surface area contributed by atoms with E-state index in [0.29, 0.717) is 37.4 Å². The largest absolute Gasteiger partial charge is 0.455 e. The minimum absolute atomic E-state index is 0.0213.